The summed E-state index contributed by atoms with van der Waals surface area (Å²) in [6, 6.07) is 7.50. The van der Waals surface area contributed by atoms with E-state index >= 15 is 0 Å². The second-order valence-corrected chi connectivity index (χ2v) is 3.68. The van der Waals surface area contributed by atoms with Crippen LogP contribution in [0.15, 0.2) is 24.3 Å². The number of halogens is 3. The van der Waals surface area contributed by atoms with Gasteiger partial charge in [0.25, 0.3) is 0 Å². The van der Waals surface area contributed by atoms with Gasteiger partial charge in [-0.25, -0.2) is 0 Å². The summed E-state index contributed by atoms with van der Waals surface area (Å²) >= 11 is 1.92. The molecule has 1 aromatic rings. The van der Waals surface area contributed by atoms with Crippen LogP contribution in [0.5, 0.6) is 5.75 Å². The van der Waals surface area contributed by atoms with Gasteiger partial charge in [-0.15, -0.1) is 37.2 Å². The van der Waals surface area contributed by atoms with E-state index in [1.807, 2.05) is 46.6 Å². The van der Waals surface area contributed by atoms with Crippen molar-refractivity contribution in [3.05, 3.63) is 24.3 Å². The van der Waals surface area contributed by atoms with E-state index in [4.69, 9.17) is 4.74 Å². The minimum Gasteiger partial charge on any atom is -0.147 e. The second-order valence-electron chi connectivity index (χ2n) is 2.34. The van der Waals surface area contributed by atoms with E-state index in [1.165, 1.54) is 10.7 Å². The van der Waals surface area contributed by atoms with Crippen molar-refractivity contribution in [2.24, 2.45) is 0 Å². The molecule has 0 aromatic heterocycles. The number of hydrogen-bond donors (Lipinski definition) is 0. The first kappa shape index (κ1) is 21.4. The number of rotatable bonds is 3. The van der Waals surface area contributed by atoms with Gasteiger partial charge in [0.15, 0.2) is 0 Å². The summed E-state index contributed by atoms with van der Waals surface area (Å²) < 4.78 is 10.7. The molecule has 0 fully saturated rings. The van der Waals surface area contributed by atoms with Gasteiger partial charge in [-0.1, -0.05) is 0 Å². The fourth-order valence-corrected chi connectivity index (χ4v) is 1.13. The Morgan fingerprint density at radius 1 is 1.19 bits per heavy atom. The van der Waals surface area contributed by atoms with E-state index < -0.39 is 0 Å². The number of hydrogen-bond acceptors (Lipinski definition) is 3. The maximum absolute atomic E-state index is 10.7. The van der Waals surface area contributed by atoms with Crippen molar-refractivity contribution < 1.29 is 14.3 Å². The zero-order chi connectivity index (χ0) is 9.68. The summed E-state index contributed by atoms with van der Waals surface area (Å²) in [6.07, 6.45) is 0. The van der Waals surface area contributed by atoms with Crippen LogP contribution >= 0.6 is 37.2 Å². The van der Waals surface area contributed by atoms with Crippen LogP contribution in [0.2, 0.25) is 0 Å². The molecular formula is C9H12Cl3O3Te. The van der Waals surface area contributed by atoms with Gasteiger partial charge in [0.2, 0.25) is 0 Å². The molecular weight excluding hydrogens is 390 g/mol. The molecule has 0 spiro atoms. The first-order valence-corrected chi connectivity index (χ1v) is 4.85. The summed E-state index contributed by atoms with van der Waals surface area (Å²) in [5.41, 5.74) is 0. The third-order valence-electron chi connectivity index (χ3n) is 1.41. The largest absolute Gasteiger partial charge is 0.147 e. The average Bonchev–Trinajstić information content (AvgIpc) is 2.16. The summed E-state index contributed by atoms with van der Waals surface area (Å²) in [6.45, 7) is -0.0413. The van der Waals surface area contributed by atoms with Crippen molar-refractivity contribution >= 4 is 69.1 Å². The van der Waals surface area contributed by atoms with Crippen LogP contribution in [0.3, 0.4) is 0 Å². The van der Waals surface area contributed by atoms with Crippen molar-refractivity contribution in [2.75, 3.05) is 13.7 Å². The quantitative estimate of drug-likeness (QED) is 0.565. The molecule has 0 atom stereocenters. The van der Waals surface area contributed by atoms with Gasteiger partial charge in [-0.2, -0.15) is 0 Å². The van der Waals surface area contributed by atoms with Crippen molar-refractivity contribution in [3.8, 4) is 5.75 Å². The van der Waals surface area contributed by atoms with E-state index in [1.54, 1.807) is 0 Å². The van der Waals surface area contributed by atoms with Gasteiger partial charge in [-0.3, -0.25) is 0 Å². The van der Waals surface area contributed by atoms with Gasteiger partial charge >= 0.3 is 89.9 Å². The van der Waals surface area contributed by atoms with E-state index in [2.05, 4.69) is 4.74 Å². The Hall–Kier alpha value is 0.150. The zero-order valence-electron chi connectivity index (χ0n) is 8.37. The van der Waals surface area contributed by atoms with E-state index in [0.29, 0.717) is 5.75 Å². The van der Waals surface area contributed by atoms with Crippen molar-refractivity contribution in [1.29, 1.82) is 0 Å². The maximum Gasteiger partial charge on any atom is -0.147 e. The molecule has 0 aliphatic rings. The number of ether oxygens (including phenoxy) is 2. The average molecular weight is 402 g/mol. The first-order chi connectivity index (χ1) is 6.22. The maximum atomic E-state index is 10.7. The van der Waals surface area contributed by atoms with Crippen LogP contribution < -0.4 is 8.35 Å². The smallest absolute Gasteiger partial charge is 0.147 e. The summed E-state index contributed by atoms with van der Waals surface area (Å²) in [4.78, 5) is 10.7. The normalized spacial score (nSPS) is 7.56. The van der Waals surface area contributed by atoms with Crippen LogP contribution in [0, 0.1) is 0 Å². The first-order valence-electron chi connectivity index (χ1n) is 3.69. The number of carbonyl (C=O) groups excluding carboxylic acids is 1. The fraction of sp³-hybridized carbons (Fsp3) is 0.222. The van der Waals surface area contributed by atoms with E-state index in [9.17, 15) is 4.79 Å². The Balaban J connectivity index is -0.000000563. The third kappa shape index (κ3) is 8.32. The second kappa shape index (κ2) is 11.6. The van der Waals surface area contributed by atoms with E-state index in [0.717, 1.165) is 0 Å². The van der Waals surface area contributed by atoms with Crippen molar-refractivity contribution in [2.45, 2.75) is 0 Å². The van der Waals surface area contributed by atoms with Crippen LogP contribution in [-0.4, -0.2) is 42.0 Å². The molecule has 0 saturated heterocycles. The standard InChI is InChI=1S/C9H9O3Te.3ClH/c1-11-9(10)6-12-7-2-4-8(13)5-3-7;;;/h2-5H,6H2,1H3;3*1H. The molecule has 3 nitrogen and oxygen atoms in total. The monoisotopic (exact) mass is 403 g/mol. The fourth-order valence-electron chi connectivity index (χ4n) is 0.737. The van der Waals surface area contributed by atoms with Gasteiger partial charge in [0.05, 0.1) is 0 Å². The Morgan fingerprint density at radius 2 is 1.69 bits per heavy atom. The van der Waals surface area contributed by atoms with Gasteiger partial charge < -0.3 is 0 Å². The minimum absolute atomic E-state index is 0. The van der Waals surface area contributed by atoms with Gasteiger partial charge in [0.1, 0.15) is 0 Å². The van der Waals surface area contributed by atoms with Crippen molar-refractivity contribution in [3.63, 3.8) is 0 Å². The molecule has 0 aliphatic carbocycles. The molecule has 0 bridgehead atoms. The molecule has 1 radical (unpaired) electrons. The SMILES string of the molecule is COC(=O)COc1ccc([Te])cc1.Cl.Cl.Cl. The van der Waals surface area contributed by atoms with Crippen LogP contribution in [0.1, 0.15) is 0 Å². The molecule has 0 unspecified atom stereocenters. The molecule has 1 aromatic carbocycles. The molecule has 16 heavy (non-hydrogen) atoms. The Labute approximate surface area is 126 Å². The summed E-state index contributed by atoms with van der Waals surface area (Å²) in [5.74, 6) is 0.305. The molecule has 0 amide bonds. The topological polar surface area (TPSA) is 35.5 Å². The third-order valence-corrected chi connectivity index (χ3v) is 2.18. The number of benzene rings is 1. The number of carbonyl (C=O) groups is 1. The molecule has 1 rings (SSSR count). The minimum atomic E-state index is -0.374. The predicted octanol–water partition coefficient (Wildman–Crippen LogP) is 1.30. The summed E-state index contributed by atoms with van der Waals surface area (Å²) in [7, 11) is 1.33. The van der Waals surface area contributed by atoms with Gasteiger partial charge in [-0.05, 0) is 0 Å². The van der Waals surface area contributed by atoms with Crippen LogP contribution in [0.25, 0.3) is 0 Å². The Bertz CT molecular complexity index is 293. The molecule has 0 aliphatic heterocycles. The molecule has 0 N–H and O–H groups in total. The van der Waals surface area contributed by atoms with Crippen LogP contribution in [-0.2, 0) is 9.53 Å². The summed E-state index contributed by atoms with van der Waals surface area (Å²) in [5, 5.41) is 0. The zero-order valence-corrected chi connectivity index (χ0v) is 13.2. The van der Waals surface area contributed by atoms with Crippen LogP contribution in [0.4, 0.5) is 0 Å². The molecule has 0 heterocycles. The van der Waals surface area contributed by atoms with Crippen molar-refractivity contribution in [1.82, 2.24) is 0 Å². The Morgan fingerprint density at radius 3 is 2.12 bits per heavy atom. The molecule has 0 saturated carbocycles. The van der Waals surface area contributed by atoms with E-state index in [-0.39, 0.29) is 49.8 Å². The van der Waals surface area contributed by atoms with Gasteiger partial charge in [0, 0.05) is 0 Å². The number of methoxy groups -OCH3 is 1. The predicted molar refractivity (Wildman–Crippen MR) is 71.1 cm³/mol. The number of esters is 1. The Kier molecular flexibility index (Phi) is 15.6. The molecule has 7 heteroatoms. The molecule has 93 valence electrons.